The number of nitrogens with one attached hydrogen (secondary N) is 1. The van der Waals surface area contributed by atoms with Crippen molar-refractivity contribution in [1.82, 2.24) is 14.5 Å². The molecular weight excluding hydrogens is 194 g/mol. The zero-order valence-electron chi connectivity index (χ0n) is 8.16. The molecule has 2 rings (SSSR count). The summed E-state index contributed by atoms with van der Waals surface area (Å²) in [7, 11) is 0. The van der Waals surface area contributed by atoms with Gasteiger partial charge in [0, 0.05) is 12.7 Å². The minimum absolute atomic E-state index is 0.793. The second-order valence-corrected chi connectivity index (χ2v) is 3.71. The van der Waals surface area contributed by atoms with Crippen LogP contribution in [0.1, 0.15) is 19.8 Å². The van der Waals surface area contributed by atoms with Crippen LogP contribution >= 0.6 is 12.2 Å². The van der Waals surface area contributed by atoms with Crippen molar-refractivity contribution < 1.29 is 0 Å². The molecule has 0 bridgehead atoms. The number of imidazole rings is 1. The highest BCUT2D eigenvalue weighted by atomic mass is 32.1. The number of aryl methyl sites for hydroxylation is 1. The van der Waals surface area contributed by atoms with Gasteiger partial charge in [-0.15, -0.1) is 0 Å². The lowest BCUT2D eigenvalue weighted by Gasteiger charge is -2.01. The normalized spacial score (nSPS) is 10.9. The third-order valence-corrected chi connectivity index (χ3v) is 2.63. The monoisotopic (exact) mass is 207 g/mol. The van der Waals surface area contributed by atoms with E-state index in [1.54, 1.807) is 6.20 Å². The molecule has 2 aromatic rings. The third kappa shape index (κ3) is 1.57. The largest absolute Gasteiger partial charge is 0.329 e. The van der Waals surface area contributed by atoms with Gasteiger partial charge in [0.25, 0.3) is 0 Å². The minimum atomic E-state index is 0.793. The molecular formula is C10H13N3S. The minimum Gasteiger partial charge on any atom is -0.329 e. The number of H-pyrrole nitrogens is 1. The Morgan fingerprint density at radius 1 is 1.57 bits per heavy atom. The average Bonchev–Trinajstić information content (AvgIpc) is 2.51. The summed E-state index contributed by atoms with van der Waals surface area (Å²) in [6.07, 6.45) is 5.95. The van der Waals surface area contributed by atoms with Crippen LogP contribution in [-0.2, 0) is 6.54 Å². The van der Waals surface area contributed by atoms with E-state index in [0.29, 0.717) is 0 Å². The lowest BCUT2D eigenvalue weighted by molar-refractivity contribution is 0.639. The van der Waals surface area contributed by atoms with E-state index in [9.17, 15) is 0 Å². The zero-order valence-corrected chi connectivity index (χ0v) is 8.97. The summed E-state index contributed by atoms with van der Waals surface area (Å²) < 4.78 is 2.93. The maximum absolute atomic E-state index is 5.25. The SMILES string of the molecule is CCCCn1c(=S)[nH]c2cnccc21. The molecule has 0 unspecified atom stereocenters. The summed E-state index contributed by atoms with van der Waals surface area (Å²) in [5, 5.41) is 0. The third-order valence-electron chi connectivity index (χ3n) is 2.31. The van der Waals surface area contributed by atoms with E-state index >= 15 is 0 Å². The van der Waals surface area contributed by atoms with Gasteiger partial charge in [-0.2, -0.15) is 0 Å². The van der Waals surface area contributed by atoms with Gasteiger partial charge in [-0.1, -0.05) is 13.3 Å². The Morgan fingerprint density at radius 3 is 3.21 bits per heavy atom. The standard InChI is InChI=1S/C10H13N3S/c1-2-3-6-13-9-4-5-11-7-8(9)12-10(13)14/h4-5,7H,2-3,6H2,1H3,(H,12,14). The lowest BCUT2D eigenvalue weighted by atomic mass is 10.3. The number of nitrogens with zero attached hydrogens (tertiary/aromatic N) is 2. The van der Waals surface area contributed by atoms with Gasteiger partial charge in [-0.25, -0.2) is 0 Å². The lowest BCUT2D eigenvalue weighted by Crippen LogP contribution is -1.96. The number of aromatic amines is 1. The molecule has 0 aliphatic carbocycles. The quantitative estimate of drug-likeness (QED) is 0.785. The number of hydrogen-bond acceptors (Lipinski definition) is 2. The number of aromatic nitrogens is 3. The van der Waals surface area contributed by atoms with Crippen molar-refractivity contribution in [2.75, 3.05) is 0 Å². The molecule has 3 nitrogen and oxygen atoms in total. The van der Waals surface area contributed by atoms with Gasteiger partial charge in [0.05, 0.1) is 17.2 Å². The van der Waals surface area contributed by atoms with Crippen molar-refractivity contribution >= 4 is 23.3 Å². The van der Waals surface area contributed by atoms with E-state index in [0.717, 1.165) is 28.8 Å². The second-order valence-electron chi connectivity index (χ2n) is 3.33. The molecule has 14 heavy (non-hydrogen) atoms. The molecule has 0 saturated heterocycles. The van der Waals surface area contributed by atoms with Gasteiger partial charge in [0.1, 0.15) is 0 Å². The summed E-state index contributed by atoms with van der Waals surface area (Å²) in [4.78, 5) is 7.21. The maximum atomic E-state index is 5.25. The zero-order chi connectivity index (χ0) is 9.97. The fraction of sp³-hybridized carbons (Fsp3) is 0.400. The Hall–Kier alpha value is -1.16. The fourth-order valence-electron chi connectivity index (χ4n) is 1.55. The highest BCUT2D eigenvalue weighted by molar-refractivity contribution is 7.71. The molecule has 0 atom stereocenters. The van der Waals surface area contributed by atoms with E-state index in [1.807, 2.05) is 12.3 Å². The van der Waals surface area contributed by atoms with Crippen LogP contribution in [0.3, 0.4) is 0 Å². The summed E-state index contributed by atoms with van der Waals surface area (Å²) in [6.45, 7) is 3.17. The van der Waals surface area contributed by atoms with Crippen molar-refractivity contribution in [1.29, 1.82) is 0 Å². The molecule has 2 aromatic heterocycles. The summed E-state index contributed by atoms with van der Waals surface area (Å²) in [5.41, 5.74) is 2.17. The molecule has 74 valence electrons. The molecule has 0 saturated carbocycles. The number of rotatable bonds is 3. The molecule has 2 heterocycles. The molecule has 0 spiro atoms. The summed E-state index contributed by atoms with van der Waals surface area (Å²) in [5.74, 6) is 0. The molecule has 4 heteroatoms. The molecule has 0 fully saturated rings. The first-order valence-electron chi connectivity index (χ1n) is 4.85. The van der Waals surface area contributed by atoms with Crippen LogP contribution in [-0.4, -0.2) is 14.5 Å². The van der Waals surface area contributed by atoms with Crippen molar-refractivity contribution in [2.24, 2.45) is 0 Å². The summed E-state index contributed by atoms with van der Waals surface area (Å²) in [6, 6.07) is 2.00. The van der Waals surface area contributed by atoms with Crippen molar-refractivity contribution in [3.8, 4) is 0 Å². The van der Waals surface area contributed by atoms with Crippen LogP contribution in [0, 0.1) is 4.77 Å². The highest BCUT2D eigenvalue weighted by Crippen LogP contribution is 2.12. The second kappa shape index (κ2) is 3.92. The van der Waals surface area contributed by atoms with Gasteiger partial charge in [-0.3, -0.25) is 4.98 Å². The van der Waals surface area contributed by atoms with Gasteiger partial charge in [0.2, 0.25) is 0 Å². The van der Waals surface area contributed by atoms with Gasteiger partial charge >= 0.3 is 0 Å². The number of unbranched alkanes of at least 4 members (excludes halogenated alkanes) is 1. The van der Waals surface area contributed by atoms with Gasteiger partial charge in [-0.05, 0) is 24.7 Å². The van der Waals surface area contributed by atoms with Crippen LogP contribution in [0.4, 0.5) is 0 Å². The Bertz CT molecular complexity index is 483. The molecule has 0 radical (unpaired) electrons. The Labute approximate surface area is 87.8 Å². The maximum Gasteiger partial charge on any atom is 0.178 e. The predicted molar refractivity (Wildman–Crippen MR) is 59.8 cm³/mol. The predicted octanol–water partition coefficient (Wildman–Crippen LogP) is 2.89. The van der Waals surface area contributed by atoms with Crippen molar-refractivity contribution in [3.63, 3.8) is 0 Å². The first kappa shape index (κ1) is 9.40. The number of pyridine rings is 1. The number of fused-ring (bicyclic) bond motifs is 1. The Balaban J connectivity index is 2.51. The smallest absolute Gasteiger partial charge is 0.178 e. The molecule has 1 N–H and O–H groups in total. The molecule has 0 aliphatic heterocycles. The Kier molecular flexibility index (Phi) is 2.63. The van der Waals surface area contributed by atoms with E-state index in [1.165, 1.54) is 6.42 Å². The van der Waals surface area contributed by atoms with Crippen molar-refractivity contribution in [2.45, 2.75) is 26.3 Å². The fourth-order valence-corrected chi connectivity index (χ4v) is 1.85. The first-order chi connectivity index (χ1) is 6.83. The first-order valence-corrected chi connectivity index (χ1v) is 5.26. The van der Waals surface area contributed by atoms with Crippen LogP contribution in [0.5, 0.6) is 0 Å². The van der Waals surface area contributed by atoms with Crippen LogP contribution < -0.4 is 0 Å². The summed E-state index contributed by atoms with van der Waals surface area (Å²) >= 11 is 5.25. The van der Waals surface area contributed by atoms with Gasteiger partial charge < -0.3 is 9.55 Å². The Morgan fingerprint density at radius 2 is 2.43 bits per heavy atom. The molecule has 0 amide bonds. The van der Waals surface area contributed by atoms with Crippen molar-refractivity contribution in [3.05, 3.63) is 23.2 Å². The van der Waals surface area contributed by atoms with Crippen LogP contribution in [0.25, 0.3) is 11.0 Å². The number of hydrogen-bond donors (Lipinski definition) is 1. The highest BCUT2D eigenvalue weighted by Gasteiger charge is 2.02. The molecule has 0 aliphatic rings. The molecule has 0 aromatic carbocycles. The van der Waals surface area contributed by atoms with E-state index < -0.39 is 0 Å². The van der Waals surface area contributed by atoms with E-state index in [2.05, 4.69) is 21.5 Å². The van der Waals surface area contributed by atoms with Crippen LogP contribution in [0.2, 0.25) is 0 Å². The van der Waals surface area contributed by atoms with E-state index in [4.69, 9.17) is 12.2 Å². The topological polar surface area (TPSA) is 33.6 Å². The van der Waals surface area contributed by atoms with E-state index in [-0.39, 0.29) is 0 Å². The average molecular weight is 207 g/mol. The van der Waals surface area contributed by atoms with Gasteiger partial charge in [0.15, 0.2) is 4.77 Å². The van der Waals surface area contributed by atoms with Crippen LogP contribution in [0.15, 0.2) is 18.5 Å².